The quantitative estimate of drug-likeness (QED) is 0.132. The number of aryl methyl sites for hydroxylation is 1. The van der Waals surface area contributed by atoms with Crippen molar-refractivity contribution in [2.24, 2.45) is 7.05 Å². The second kappa shape index (κ2) is 9.20. The fourth-order valence-corrected chi connectivity index (χ4v) is 13.0. The Balaban J connectivity index is 1.14. The lowest BCUT2D eigenvalue weighted by molar-refractivity contribution is 1.03. The maximum atomic E-state index is 5.82. The van der Waals surface area contributed by atoms with Gasteiger partial charge in [-0.3, -0.25) is 0 Å². The van der Waals surface area contributed by atoms with Crippen molar-refractivity contribution in [1.82, 2.24) is 4.57 Å². The molecule has 0 N–H and O–H groups in total. The minimum absolute atomic E-state index is 0.853. The monoisotopic (exact) mass is 681 g/mol. The molecule has 5 heterocycles. The number of nitrogens with zero attached hydrogens (tertiary/aromatic N) is 1. The molecule has 0 spiro atoms. The van der Waals surface area contributed by atoms with Crippen molar-refractivity contribution in [2.45, 2.75) is 0 Å². The third kappa shape index (κ3) is 3.48. The summed E-state index contributed by atoms with van der Waals surface area (Å²) in [5.41, 5.74) is 8.90. The number of thiocarbonyl (C=S) groups is 4. The highest BCUT2D eigenvalue weighted by Gasteiger charge is 2.28. The van der Waals surface area contributed by atoms with Crippen LogP contribution in [0.1, 0.15) is 32.0 Å². The molecule has 200 valence electrons. The minimum atomic E-state index is 0.853. The number of hydrogen-bond acceptors (Lipinski definition) is 8. The molecule has 2 aliphatic rings. The van der Waals surface area contributed by atoms with Crippen molar-refractivity contribution < 1.29 is 0 Å². The highest BCUT2D eigenvalue weighted by atomic mass is 32.1. The lowest BCUT2D eigenvalue weighted by Gasteiger charge is -1.97. The zero-order valence-electron chi connectivity index (χ0n) is 21.6. The van der Waals surface area contributed by atoms with Crippen LogP contribution in [0.4, 0.5) is 0 Å². The Morgan fingerprint density at radius 1 is 0.524 bits per heavy atom. The third-order valence-electron chi connectivity index (χ3n) is 7.98. The molecule has 0 saturated carbocycles. The van der Waals surface area contributed by atoms with Crippen molar-refractivity contribution in [3.8, 4) is 0 Å². The first kappa shape index (κ1) is 25.9. The minimum Gasteiger partial charge on any atom is -0.340 e. The van der Waals surface area contributed by atoms with E-state index in [2.05, 4.69) is 60.2 Å². The fraction of sp³-hybridized carbons (Fsp3) is 0.0303. The van der Waals surface area contributed by atoms with Crippen LogP contribution in [0.3, 0.4) is 0 Å². The smallest absolute Gasteiger partial charge is 0.0789 e. The molecule has 0 fully saturated rings. The summed E-state index contributed by atoms with van der Waals surface area (Å²) < 4.78 is 10.4. The van der Waals surface area contributed by atoms with Gasteiger partial charge in [-0.05, 0) is 24.3 Å². The van der Waals surface area contributed by atoms with Gasteiger partial charge in [0.05, 0.1) is 49.3 Å². The Kier molecular flexibility index (Phi) is 5.67. The summed E-state index contributed by atoms with van der Waals surface area (Å²) in [5.74, 6) is 0. The van der Waals surface area contributed by atoms with Crippen molar-refractivity contribution in [1.29, 1.82) is 0 Å². The normalized spacial score (nSPS) is 14.9. The van der Waals surface area contributed by atoms with Crippen LogP contribution in [0.5, 0.6) is 0 Å². The first-order chi connectivity index (χ1) is 20.4. The summed E-state index contributed by atoms with van der Waals surface area (Å²) in [6.45, 7) is 0. The summed E-state index contributed by atoms with van der Waals surface area (Å²) >= 11 is 30.7. The Hall–Kier alpha value is -2.60. The maximum absolute atomic E-state index is 5.82. The van der Waals surface area contributed by atoms with E-state index in [0.717, 1.165) is 52.9 Å². The molecule has 0 unspecified atom stereocenters. The first-order valence-corrected chi connectivity index (χ1v) is 18.0. The van der Waals surface area contributed by atoms with Gasteiger partial charge in [-0.25, -0.2) is 0 Å². The van der Waals surface area contributed by atoms with Gasteiger partial charge in [0.15, 0.2) is 0 Å². The van der Waals surface area contributed by atoms with Gasteiger partial charge in [-0.2, -0.15) is 0 Å². The fourth-order valence-electron chi connectivity index (χ4n) is 6.05. The van der Waals surface area contributed by atoms with E-state index in [1.807, 2.05) is 69.6 Å². The second-order valence-electron chi connectivity index (χ2n) is 10.3. The van der Waals surface area contributed by atoms with E-state index in [9.17, 15) is 0 Å². The van der Waals surface area contributed by atoms with Gasteiger partial charge in [-0.1, -0.05) is 97.4 Å². The molecule has 0 radical (unpaired) electrons. The lowest BCUT2D eigenvalue weighted by atomic mass is 10.1. The van der Waals surface area contributed by atoms with Gasteiger partial charge in [0.2, 0.25) is 0 Å². The maximum Gasteiger partial charge on any atom is 0.0789 e. The molecule has 9 rings (SSSR count). The number of benzene rings is 2. The number of rotatable bonds is 2. The summed E-state index contributed by atoms with van der Waals surface area (Å²) in [6.07, 6.45) is 4.37. The van der Waals surface area contributed by atoms with Gasteiger partial charge >= 0.3 is 0 Å². The van der Waals surface area contributed by atoms with E-state index in [1.165, 1.54) is 49.0 Å². The summed E-state index contributed by atoms with van der Waals surface area (Å²) in [4.78, 5) is 5.79. The largest absolute Gasteiger partial charge is 0.340 e. The Labute approximate surface area is 278 Å². The van der Waals surface area contributed by atoms with Crippen LogP contribution < -0.4 is 0 Å². The summed E-state index contributed by atoms with van der Waals surface area (Å²) in [7, 11) is 2.20. The molecule has 0 bridgehead atoms. The van der Waals surface area contributed by atoms with Crippen LogP contribution in [-0.4, -0.2) is 24.0 Å². The molecule has 0 atom stereocenters. The molecule has 9 heteroatoms. The van der Waals surface area contributed by atoms with Crippen molar-refractivity contribution in [2.75, 3.05) is 0 Å². The van der Waals surface area contributed by atoms with E-state index in [-0.39, 0.29) is 0 Å². The lowest BCUT2D eigenvalue weighted by Crippen LogP contribution is -1.97. The molecule has 0 aliphatic heterocycles. The van der Waals surface area contributed by atoms with E-state index < -0.39 is 0 Å². The molecule has 2 aromatic carbocycles. The van der Waals surface area contributed by atoms with E-state index in [4.69, 9.17) is 48.9 Å². The van der Waals surface area contributed by atoms with Crippen LogP contribution in [0, 0.1) is 0 Å². The number of allylic oxidation sites excluding steroid dienone is 2. The highest BCUT2D eigenvalue weighted by molar-refractivity contribution is 7.84. The van der Waals surface area contributed by atoms with Crippen LogP contribution in [0.25, 0.3) is 51.4 Å². The number of aromatic nitrogens is 1. The molecule has 5 aromatic heterocycles. The Morgan fingerprint density at radius 2 is 0.881 bits per heavy atom. The van der Waals surface area contributed by atoms with Gasteiger partial charge < -0.3 is 4.57 Å². The van der Waals surface area contributed by atoms with Crippen LogP contribution in [0.15, 0.2) is 71.8 Å². The predicted molar refractivity (Wildman–Crippen MR) is 203 cm³/mol. The molecule has 0 saturated heterocycles. The number of hydrogen-bond donors (Lipinski definition) is 0. The molecular formula is C33H15NS8. The van der Waals surface area contributed by atoms with Crippen molar-refractivity contribution >= 4 is 165 Å². The Bertz CT molecular complexity index is 2250. The number of thiophene rings is 4. The topological polar surface area (TPSA) is 4.93 Å². The third-order valence-corrected chi connectivity index (χ3v) is 14.6. The molecule has 1 nitrogen and oxygen atoms in total. The van der Waals surface area contributed by atoms with Crippen molar-refractivity contribution in [3.05, 3.63) is 104 Å². The SMILES string of the molecule is Cn1c2c3sc(C=C4C(=S)c5ccccc5C4=S)cc3sc2c2sc3cc(C=C4C(=S)c5ccccc5C4=S)sc3c21. The molecule has 42 heavy (non-hydrogen) atoms. The average Bonchev–Trinajstić information content (AvgIpc) is 3.82. The number of fused-ring (bicyclic) bond motifs is 9. The van der Waals surface area contributed by atoms with E-state index in [0.29, 0.717) is 0 Å². The first-order valence-electron chi connectivity index (χ1n) is 13.1. The second-order valence-corrected chi connectivity index (χ2v) is 16.2. The molecule has 0 amide bonds. The summed E-state index contributed by atoms with van der Waals surface area (Å²) in [5, 5.41) is 0. The van der Waals surface area contributed by atoms with Gasteiger partial charge in [0, 0.05) is 59.6 Å². The standard InChI is InChI=1S/C33H15NS8/c1-34-24-30-22(12-14(39-30)10-20-26(35)16-6-2-3-7-17(16)27(20)36)41-32(24)33-25(34)31-23(42-33)13-15(40-31)11-21-28(37)18-8-4-5-9-19(18)29(21)38/h2-13H,1H3. The van der Waals surface area contributed by atoms with Gasteiger partial charge in [-0.15, -0.1) is 45.3 Å². The molecular weight excluding hydrogens is 667 g/mol. The summed E-state index contributed by atoms with van der Waals surface area (Å²) in [6, 6.07) is 21.0. The van der Waals surface area contributed by atoms with Crippen LogP contribution in [-0.2, 0) is 7.05 Å². The zero-order valence-corrected chi connectivity index (χ0v) is 28.2. The van der Waals surface area contributed by atoms with Crippen LogP contribution >= 0.6 is 94.2 Å². The zero-order chi connectivity index (χ0) is 28.4. The van der Waals surface area contributed by atoms with E-state index >= 15 is 0 Å². The average molecular weight is 682 g/mol. The molecule has 7 aromatic rings. The Morgan fingerprint density at radius 3 is 1.24 bits per heavy atom. The van der Waals surface area contributed by atoms with Crippen LogP contribution in [0.2, 0.25) is 0 Å². The highest BCUT2D eigenvalue weighted by Crippen LogP contribution is 2.50. The van der Waals surface area contributed by atoms with Crippen molar-refractivity contribution in [3.63, 3.8) is 0 Å². The van der Waals surface area contributed by atoms with Gasteiger partial charge in [0.25, 0.3) is 0 Å². The van der Waals surface area contributed by atoms with E-state index in [1.54, 1.807) is 0 Å². The molecule has 2 aliphatic carbocycles. The predicted octanol–water partition coefficient (Wildman–Crippen LogP) is 11.0. The van der Waals surface area contributed by atoms with Gasteiger partial charge in [0.1, 0.15) is 0 Å².